The molecule has 1 aromatic carbocycles. The van der Waals surface area contributed by atoms with Crippen molar-refractivity contribution in [3.05, 3.63) is 63.4 Å². The quantitative estimate of drug-likeness (QED) is 0.361. The molecule has 0 aliphatic carbocycles. The Bertz CT molecular complexity index is 838. The van der Waals surface area contributed by atoms with Crippen LogP contribution in [0.1, 0.15) is 45.6 Å². The topological polar surface area (TPSA) is 116 Å². The van der Waals surface area contributed by atoms with Crippen LogP contribution in [0.25, 0.3) is 5.57 Å². The second-order valence-electron chi connectivity index (χ2n) is 5.55. The van der Waals surface area contributed by atoms with Gasteiger partial charge in [-0.1, -0.05) is 12.1 Å². The molecule has 7 heteroatoms. The first kappa shape index (κ1) is 18.4. The molecular weight excluding hydrogens is 338 g/mol. The van der Waals surface area contributed by atoms with E-state index in [2.05, 4.69) is 5.32 Å². The SMILES string of the molecule is C/C(=C\C(=O)O)c1ccc(C(C)NC(=O)c2ccc(C(=N)N)cc2)s1. The van der Waals surface area contributed by atoms with Crippen LogP contribution >= 0.6 is 11.3 Å². The van der Waals surface area contributed by atoms with Crippen molar-refractivity contribution in [2.24, 2.45) is 5.73 Å². The molecule has 0 fully saturated rings. The smallest absolute Gasteiger partial charge is 0.328 e. The molecule has 0 bridgehead atoms. The van der Waals surface area contributed by atoms with Gasteiger partial charge in [0.1, 0.15) is 5.84 Å². The Morgan fingerprint density at radius 1 is 1.20 bits per heavy atom. The van der Waals surface area contributed by atoms with Gasteiger partial charge in [0.2, 0.25) is 0 Å². The van der Waals surface area contributed by atoms with Crippen molar-refractivity contribution < 1.29 is 14.7 Å². The van der Waals surface area contributed by atoms with Crippen molar-refractivity contribution in [2.75, 3.05) is 0 Å². The number of carbonyl (C=O) groups is 2. The number of allylic oxidation sites excluding steroid dienone is 1. The Balaban J connectivity index is 2.07. The lowest BCUT2D eigenvalue weighted by Gasteiger charge is -2.12. The van der Waals surface area contributed by atoms with Gasteiger partial charge < -0.3 is 16.2 Å². The Morgan fingerprint density at radius 2 is 1.80 bits per heavy atom. The molecule has 1 unspecified atom stereocenters. The van der Waals surface area contributed by atoms with Crippen molar-refractivity contribution in [1.29, 1.82) is 5.41 Å². The van der Waals surface area contributed by atoms with E-state index in [1.54, 1.807) is 31.2 Å². The summed E-state index contributed by atoms with van der Waals surface area (Å²) in [5.74, 6) is -1.26. The Kier molecular flexibility index (Phi) is 5.71. The number of nitrogen functional groups attached to an aromatic ring is 1. The number of aliphatic carboxylic acids is 1. The zero-order valence-electron chi connectivity index (χ0n) is 13.9. The van der Waals surface area contributed by atoms with Gasteiger partial charge in [-0.15, -0.1) is 11.3 Å². The summed E-state index contributed by atoms with van der Waals surface area (Å²) in [6.07, 6.45) is 1.16. The van der Waals surface area contributed by atoms with E-state index < -0.39 is 5.97 Å². The number of carbonyl (C=O) groups excluding carboxylic acids is 1. The van der Waals surface area contributed by atoms with Crippen molar-refractivity contribution in [3.63, 3.8) is 0 Å². The van der Waals surface area contributed by atoms with E-state index in [1.165, 1.54) is 11.3 Å². The zero-order valence-corrected chi connectivity index (χ0v) is 14.7. The number of hydrogen-bond donors (Lipinski definition) is 4. The first-order chi connectivity index (χ1) is 11.8. The van der Waals surface area contributed by atoms with Gasteiger partial charge in [0.15, 0.2) is 0 Å². The fraction of sp³-hybridized carbons (Fsp3) is 0.167. The average Bonchev–Trinajstić information content (AvgIpc) is 3.04. The normalized spacial score (nSPS) is 12.5. The molecule has 0 spiro atoms. The van der Waals surface area contributed by atoms with Gasteiger partial charge in [-0.3, -0.25) is 10.2 Å². The minimum Gasteiger partial charge on any atom is -0.478 e. The van der Waals surface area contributed by atoms with E-state index in [0.717, 1.165) is 15.8 Å². The summed E-state index contributed by atoms with van der Waals surface area (Å²) in [4.78, 5) is 24.8. The highest BCUT2D eigenvalue weighted by atomic mass is 32.1. The van der Waals surface area contributed by atoms with Crippen LogP contribution in [0, 0.1) is 5.41 Å². The van der Waals surface area contributed by atoms with Crippen molar-refractivity contribution in [3.8, 4) is 0 Å². The van der Waals surface area contributed by atoms with Gasteiger partial charge in [0.05, 0.1) is 6.04 Å². The van der Waals surface area contributed by atoms with Gasteiger partial charge in [0, 0.05) is 27.0 Å². The first-order valence-electron chi connectivity index (χ1n) is 7.54. The molecule has 1 heterocycles. The number of thiophene rings is 1. The van der Waals surface area contributed by atoms with E-state index >= 15 is 0 Å². The summed E-state index contributed by atoms with van der Waals surface area (Å²) < 4.78 is 0. The molecule has 25 heavy (non-hydrogen) atoms. The zero-order chi connectivity index (χ0) is 18.6. The predicted octanol–water partition coefficient (Wildman–Crippen LogP) is 3.01. The van der Waals surface area contributed by atoms with Gasteiger partial charge >= 0.3 is 5.97 Å². The molecule has 2 aromatic rings. The highest BCUT2D eigenvalue weighted by molar-refractivity contribution is 7.13. The predicted molar refractivity (Wildman–Crippen MR) is 98.9 cm³/mol. The minimum absolute atomic E-state index is 0.0452. The van der Waals surface area contributed by atoms with Gasteiger partial charge in [-0.2, -0.15) is 0 Å². The highest BCUT2D eigenvalue weighted by Crippen LogP contribution is 2.28. The molecule has 1 atom stereocenters. The van der Waals surface area contributed by atoms with E-state index in [4.69, 9.17) is 16.2 Å². The van der Waals surface area contributed by atoms with Crippen LogP contribution in [-0.4, -0.2) is 22.8 Å². The molecule has 5 N–H and O–H groups in total. The fourth-order valence-electron chi connectivity index (χ4n) is 2.21. The number of nitrogens with two attached hydrogens (primary N) is 1. The van der Waals surface area contributed by atoms with Crippen LogP contribution < -0.4 is 11.1 Å². The summed E-state index contributed by atoms with van der Waals surface area (Å²) in [5.41, 5.74) is 7.11. The lowest BCUT2D eigenvalue weighted by atomic mass is 10.1. The molecule has 2 rings (SSSR count). The third-order valence-electron chi connectivity index (χ3n) is 3.59. The molecule has 1 amide bonds. The van der Waals surface area contributed by atoms with E-state index in [0.29, 0.717) is 16.7 Å². The summed E-state index contributed by atoms with van der Waals surface area (Å²) in [5, 5.41) is 19.1. The number of amides is 1. The number of benzene rings is 1. The van der Waals surface area contributed by atoms with Crippen molar-refractivity contribution in [1.82, 2.24) is 5.32 Å². The number of carboxylic acid groups (broad SMARTS) is 1. The van der Waals surface area contributed by atoms with E-state index in [9.17, 15) is 9.59 Å². The average molecular weight is 357 g/mol. The van der Waals surface area contributed by atoms with Crippen LogP contribution in [0.4, 0.5) is 0 Å². The molecule has 130 valence electrons. The van der Waals surface area contributed by atoms with Crippen molar-refractivity contribution >= 4 is 34.6 Å². The molecule has 0 aliphatic rings. The van der Waals surface area contributed by atoms with Gasteiger partial charge in [-0.25, -0.2) is 4.79 Å². The molecule has 6 nitrogen and oxygen atoms in total. The Morgan fingerprint density at radius 3 is 2.36 bits per heavy atom. The second kappa shape index (κ2) is 7.76. The third-order valence-corrected chi connectivity index (χ3v) is 4.99. The monoisotopic (exact) mass is 357 g/mol. The van der Waals surface area contributed by atoms with Crippen LogP contribution in [0.15, 0.2) is 42.5 Å². The van der Waals surface area contributed by atoms with E-state index in [-0.39, 0.29) is 17.8 Å². The van der Waals surface area contributed by atoms with Crippen LogP contribution in [0.5, 0.6) is 0 Å². The Labute approximate surface area is 149 Å². The summed E-state index contributed by atoms with van der Waals surface area (Å²) in [6, 6.07) is 10.0. The van der Waals surface area contributed by atoms with Crippen LogP contribution in [0.3, 0.4) is 0 Å². The Hall–Kier alpha value is -2.93. The molecule has 0 radical (unpaired) electrons. The molecule has 0 saturated heterocycles. The van der Waals surface area contributed by atoms with Crippen molar-refractivity contribution in [2.45, 2.75) is 19.9 Å². The maximum absolute atomic E-state index is 12.3. The maximum atomic E-state index is 12.3. The van der Waals surface area contributed by atoms with E-state index in [1.807, 2.05) is 19.1 Å². The largest absolute Gasteiger partial charge is 0.478 e. The molecular formula is C18H19N3O3S. The molecule has 0 saturated carbocycles. The number of carboxylic acids is 1. The summed E-state index contributed by atoms with van der Waals surface area (Å²) in [7, 11) is 0. The standard InChI is InChI=1S/C18H19N3O3S/c1-10(9-16(22)23)14-7-8-15(25-14)11(2)21-18(24)13-5-3-12(4-6-13)17(19)20/h3-9,11H,1-2H3,(H3,19,20)(H,21,24)(H,22,23)/b10-9+. The third kappa shape index (κ3) is 4.77. The van der Waals surface area contributed by atoms with Gasteiger partial charge in [0.25, 0.3) is 5.91 Å². The van der Waals surface area contributed by atoms with Crippen LogP contribution in [0.2, 0.25) is 0 Å². The number of hydrogen-bond acceptors (Lipinski definition) is 4. The highest BCUT2D eigenvalue weighted by Gasteiger charge is 2.14. The number of amidine groups is 1. The maximum Gasteiger partial charge on any atom is 0.328 e. The lowest BCUT2D eigenvalue weighted by molar-refractivity contribution is -0.131. The molecule has 1 aromatic heterocycles. The fourth-order valence-corrected chi connectivity index (χ4v) is 3.19. The number of nitrogens with one attached hydrogen (secondary N) is 2. The first-order valence-corrected chi connectivity index (χ1v) is 8.36. The second-order valence-corrected chi connectivity index (χ2v) is 6.67. The summed E-state index contributed by atoms with van der Waals surface area (Å²) in [6.45, 7) is 3.61. The molecule has 0 aliphatic heterocycles. The number of rotatable bonds is 6. The lowest BCUT2D eigenvalue weighted by Crippen LogP contribution is -2.26. The minimum atomic E-state index is -0.984. The van der Waals surface area contributed by atoms with Gasteiger partial charge in [-0.05, 0) is 43.7 Å². The summed E-state index contributed by atoms with van der Waals surface area (Å²) >= 11 is 1.44. The van der Waals surface area contributed by atoms with Crippen LogP contribution in [-0.2, 0) is 4.79 Å².